The van der Waals surface area contributed by atoms with E-state index >= 15 is 0 Å². The van der Waals surface area contributed by atoms with Crippen molar-refractivity contribution in [3.8, 4) is 0 Å². The SMILES string of the molecule is CC1CC(CF)CN1C(=O)CNC=O. The first kappa shape index (κ1) is 10.9. The van der Waals surface area contributed by atoms with Gasteiger partial charge in [0.1, 0.15) is 0 Å². The number of carbonyl (C=O) groups excluding carboxylic acids is 2. The second-order valence-corrected chi connectivity index (χ2v) is 3.65. The van der Waals surface area contributed by atoms with Crippen LogP contribution in [0.4, 0.5) is 4.39 Å². The first-order chi connectivity index (χ1) is 6.69. The topological polar surface area (TPSA) is 49.4 Å². The lowest BCUT2D eigenvalue weighted by molar-refractivity contribution is -0.131. The average molecular weight is 202 g/mol. The van der Waals surface area contributed by atoms with Gasteiger partial charge in [-0.2, -0.15) is 0 Å². The summed E-state index contributed by atoms with van der Waals surface area (Å²) in [5.41, 5.74) is 0. The van der Waals surface area contributed by atoms with Crippen LogP contribution in [0.5, 0.6) is 0 Å². The zero-order chi connectivity index (χ0) is 10.6. The molecule has 1 saturated heterocycles. The summed E-state index contributed by atoms with van der Waals surface area (Å²) in [7, 11) is 0. The van der Waals surface area contributed by atoms with Crippen LogP contribution < -0.4 is 5.32 Å². The monoisotopic (exact) mass is 202 g/mol. The maximum absolute atomic E-state index is 12.4. The fourth-order valence-corrected chi connectivity index (χ4v) is 1.83. The van der Waals surface area contributed by atoms with E-state index in [0.717, 1.165) is 0 Å². The predicted molar refractivity (Wildman–Crippen MR) is 49.3 cm³/mol. The molecule has 0 aliphatic carbocycles. The Kier molecular flexibility index (Phi) is 3.85. The van der Waals surface area contributed by atoms with Crippen molar-refractivity contribution in [2.75, 3.05) is 19.8 Å². The Bertz CT molecular complexity index is 223. The highest BCUT2D eigenvalue weighted by Crippen LogP contribution is 2.22. The number of carbonyl (C=O) groups is 2. The molecule has 1 N–H and O–H groups in total. The van der Waals surface area contributed by atoms with Crippen LogP contribution >= 0.6 is 0 Å². The van der Waals surface area contributed by atoms with Crippen molar-refractivity contribution >= 4 is 12.3 Å². The van der Waals surface area contributed by atoms with E-state index in [9.17, 15) is 14.0 Å². The van der Waals surface area contributed by atoms with Crippen LogP contribution in [-0.4, -0.2) is 43.0 Å². The number of alkyl halides is 1. The van der Waals surface area contributed by atoms with Gasteiger partial charge in [0, 0.05) is 18.5 Å². The minimum Gasteiger partial charge on any atom is -0.350 e. The molecular formula is C9H15FN2O2. The summed E-state index contributed by atoms with van der Waals surface area (Å²) in [6.07, 6.45) is 1.20. The highest BCUT2D eigenvalue weighted by molar-refractivity contribution is 5.80. The van der Waals surface area contributed by atoms with Gasteiger partial charge < -0.3 is 10.2 Å². The number of likely N-dealkylation sites (tertiary alicyclic amines) is 1. The van der Waals surface area contributed by atoms with Crippen molar-refractivity contribution in [2.45, 2.75) is 19.4 Å². The summed E-state index contributed by atoms with van der Waals surface area (Å²) in [6, 6.07) is 0.0803. The normalized spacial score (nSPS) is 26.3. The summed E-state index contributed by atoms with van der Waals surface area (Å²) in [4.78, 5) is 23.1. The van der Waals surface area contributed by atoms with E-state index < -0.39 is 0 Å². The summed E-state index contributed by atoms with van der Waals surface area (Å²) in [5.74, 6) is -0.175. The maximum atomic E-state index is 12.4. The van der Waals surface area contributed by atoms with Gasteiger partial charge >= 0.3 is 0 Å². The van der Waals surface area contributed by atoms with Gasteiger partial charge in [0.2, 0.25) is 12.3 Å². The van der Waals surface area contributed by atoms with Crippen molar-refractivity contribution < 1.29 is 14.0 Å². The molecule has 0 radical (unpaired) electrons. The quantitative estimate of drug-likeness (QED) is 0.649. The third-order valence-electron chi connectivity index (χ3n) is 2.54. The van der Waals surface area contributed by atoms with E-state index in [1.54, 1.807) is 4.90 Å². The third-order valence-corrected chi connectivity index (χ3v) is 2.54. The van der Waals surface area contributed by atoms with Gasteiger partial charge in [-0.05, 0) is 13.3 Å². The second kappa shape index (κ2) is 4.93. The number of rotatable bonds is 4. The predicted octanol–water partition coefficient (Wildman–Crippen LogP) is -0.0611. The molecule has 0 saturated carbocycles. The zero-order valence-electron chi connectivity index (χ0n) is 8.20. The maximum Gasteiger partial charge on any atom is 0.242 e. The molecule has 14 heavy (non-hydrogen) atoms. The largest absolute Gasteiger partial charge is 0.350 e. The average Bonchev–Trinajstić information content (AvgIpc) is 2.56. The summed E-state index contributed by atoms with van der Waals surface area (Å²) in [6.45, 7) is 1.99. The first-order valence-electron chi connectivity index (χ1n) is 4.71. The first-order valence-corrected chi connectivity index (χ1v) is 4.71. The lowest BCUT2D eigenvalue weighted by Gasteiger charge is -2.20. The van der Waals surface area contributed by atoms with E-state index in [2.05, 4.69) is 5.32 Å². The Labute approximate surface area is 82.5 Å². The third kappa shape index (κ3) is 2.43. The van der Waals surface area contributed by atoms with Crippen molar-refractivity contribution in [2.24, 2.45) is 5.92 Å². The molecule has 0 spiro atoms. The van der Waals surface area contributed by atoms with Gasteiger partial charge in [0.15, 0.2) is 0 Å². The van der Waals surface area contributed by atoms with E-state index in [-0.39, 0.29) is 31.1 Å². The minimum absolute atomic E-state index is 0.00679. The zero-order valence-corrected chi connectivity index (χ0v) is 8.20. The van der Waals surface area contributed by atoms with Crippen LogP contribution in [0, 0.1) is 5.92 Å². The Hall–Kier alpha value is -1.13. The van der Waals surface area contributed by atoms with Gasteiger partial charge in [-0.1, -0.05) is 0 Å². The molecule has 0 aromatic carbocycles. The molecule has 2 amide bonds. The van der Waals surface area contributed by atoms with Crippen molar-refractivity contribution in [3.05, 3.63) is 0 Å². The number of nitrogens with zero attached hydrogens (tertiary/aromatic N) is 1. The summed E-state index contributed by atoms with van der Waals surface area (Å²) >= 11 is 0. The molecule has 80 valence electrons. The molecule has 1 rings (SSSR count). The fourth-order valence-electron chi connectivity index (χ4n) is 1.83. The Morgan fingerprint density at radius 1 is 1.71 bits per heavy atom. The molecule has 0 aromatic rings. The smallest absolute Gasteiger partial charge is 0.242 e. The number of hydrogen-bond acceptors (Lipinski definition) is 2. The van der Waals surface area contributed by atoms with Crippen molar-refractivity contribution in [1.29, 1.82) is 0 Å². The van der Waals surface area contributed by atoms with Crippen LogP contribution in [0.25, 0.3) is 0 Å². The number of halogens is 1. The molecule has 2 atom stereocenters. The molecular weight excluding hydrogens is 187 g/mol. The van der Waals surface area contributed by atoms with Crippen molar-refractivity contribution in [1.82, 2.24) is 10.2 Å². The van der Waals surface area contributed by atoms with Gasteiger partial charge in [-0.15, -0.1) is 0 Å². The Morgan fingerprint density at radius 3 is 2.93 bits per heavy atom. The van der Waals surface area contributed by atoms with Gasteiger partial charge in [0.05, 0.1) is 13.2 Å². The van der Waals surface area contributed by atoms with Gasteiger partial charge in [-0.25, -0.2) is 0 Å². The second-order valence-electron chi connectivity index (χ2n) is 3.65. The van der Waals surface area contributed by atoms with E-state index in [0.29, 0.717) is 19.4 Å². The van der Waals surface area contributed by atoms with Crippen LogP contribution in [0.2, 0.25) is 0 Å². The molecule has 4 nitrogen and oxygen atoms in total. The van der Waals surface area contributed by atoms with Crippen LogP contribution in [0.3, 0.4) is 0 Å². The molecule has 1 fully saturated rings. The van der Waals surface area contributed by atoms with Crippen LogP contribution in [0.15, 0.2) is 0 Å². The van der Waals surface area contributed by atoms with Gasteiger partial charge in [-0.3, -0.25) is 14.0 Å². The van der Waals surface area contributed by atoms with Gasteiger partial charge in [0.25, 0.3) is 0 Å². The molecule has 0 bridgehead atoms. The lowest BCUT2D eigenvalue weighted by Crippen LogP contribution is -2.40. The van der Waals surface area contributed by atoms with Crippen LogP contribution in [0.1, 0.15) is 13.3 Å². The van der Waals surface area contributed by atoms with Crippen molar-refractivity contribution in [3.63, 3.8) is 0 Å². The lowest BCUT2D eigenvalue weighted by atomic mass is 10.1. The fraction of sp³-hybridized carbons (Fsp3) is 0.778. The number of hydrogen-bond donors (Lipinski definition) is 1. The number of nitrogens with one attached hydrogen (secondary N) is 1. The molecule has 1 heterocycles. The van der Waals surface area contributed by atoms with E-state index in [1.165, 1.54) is 0 Å². The van der Waals surface area contributed by atoms with E-state index in [1.807, 2.05) is 6.92 Å². The highest BCUT2D eigenvalue weighted by Gasteiger charge is 2.31. The van der Waals surface area contributed by atoms with E-state index in [4.69, 9.17) is 0 Å². The molecule has 5 heteroatoms. The Balaban J connectivity index is 2.43. The highest BCUT2D eigenvalue weighted by atomic mass is 19.1. The standard InChI is InChI=1S/C9H15FN2O2/c1-7-2-8(3-10)5-12(7)9(14)4-11-6-13/h6-8H,2-5H2,1H3,(H,11,13). The Morgan fingerprint density at radius 2 is 2.43 bits per heavy atom. The summed E-state index contributed by atoms with van der Waals surface area (Å²) in [5, 5.41) is 2.31. The van der Waals surface area contributed by atoms with Crippen LogP contribution in [-0.2, 0) is 9.59 Å². The number of amides is 2. The molecule has 1 aliphatic heterocycles. The summed E-state index contributed by atoms with van der Waals surface area (Å²) < 4.78 is 12.4. The molecule has 2 unspecified atom stereocenters. The molecule has 1 aliphatic rings. The molecule has 0 aromatic heterocycles. The minimum atomic E-state index is -0.380.